The summed E-state index contributed by atoms with van der Waals surface area (Å²) in [5.41, 5.74) is 4.10. The summed E-state index contributed by atoms with van der Waals surface area (Å²) in [4.78, 5) is 31.0. The molecule has 1 heterocycles. The van der Waals surface area contributed by atoms with Crippen LogP contribution in [0.15, 0.2) is 54.6 Å². The molecule has 8 heteroatoms. The minimum atomic E-state index is -0.687. The monoisotopic (exact) mass is 518 g/mol. The van der Waals surface area contributed by atoms with Crippen LogP contribution in [-0.4, -0.2) is 67.8 Å². The molecule has 0 aromatic heterocycles. The van der Waals surface area contributed by atoms with E-state index in [2.05, 4.69) is 27.5 Å². The van der Waals surface area contributed by atoms with Gasteiger partial charge in [-0.1, -0.05) is 6.07 Å². The predicted molar refractivity (Wildman–Crippen MR) is 144 cm³/mol. The Balaban J connectivity index is 1.24. The number of carbonyl (C=O) groups excluding carboxylic acids is 2. The van der Waals surface area contributed by atoms with Crippen molar-refractivity contribution in [3.05, 3.63) is 94.0 Å². The Hall–Kier alpha value is -3.62. The molecule has 2 N–H and O–H groups in total. The highest BCUT2D eigenvalue weighted by Gasteiger charge is 2.23. The Kier molecular flexibility index (Phi) is 7.81. The maximum atomic E-state index is 14.1. The van der Waals surface area contributed by atoms with Crippen molar-refractivity contribution < 1.29 is 18.4 Å². The van der Waals surface area contributed by atoms with Gasteiger partial charge in [0, 0.05) is 61.2 Å². The molecule has 3 aromatic rings. The number of carbonyl (C=O) groups is 2. The number of fused-ring (bicyclic) bond motifs is 2. The van der Waals surface area contributed by atoms with Crippen LogP contribution in [-0.2, 0) is 12.8 Å². The molecular formula is C30H32F2N4O2. The molecule has 0 unspecified atom stereocenters. The third-order valence-corrected chi connectivity index (χ3v) is 7.37. The molecule has 1 aliphatic heterocycles. The van der Waals surface area contributed by atoms with E-state index >= 15 is 0 Å². The van der Waals surface area contributed by atoms with Gasteiger partial charge in [0.05, 0.1) is 5.69 Å². The van der Waals surface area contributed by atoms with Crippen LogP contribution in [0, 0.1) is 11.6 Å². The van der Waals surface area contributed by atoms with Gasteiger partial charge in [-0.3, -0.25) is 9.59 Å². The van der Waals surface area contributed by atoms with E-state index in [4.69, 9.17) is 0 Å². The van der Waals surface area contributed by atoms with Crippen molar-refractivity contribution in [3.63, 3.8) is 0 Å². The second-order valence-electron chi connectivity index (χ2n) is 10.1. The van der Waals surface area contributed by atoms with E-state index in [0.717, 1.165) is 56.3 Å². The van der Waals surface area contributed by atoms with Crippen LogP contribution in [0.25, 0.3) is 0 Å². The number of hydrogen-bond donors (Lipinski definition) is 2. The fourth-order valence-corrected chi connectivity index (χ4v) is 5.09. The van der Waals surface area contributed by atoms with Crippen molar-refractivity contribution in [3.8, 4) is 0 Å². The molecule has 0 radical (unpaired) electrons. The van der Waals surface area contributed by atoms with Crippen molar-refractivity contribution in [2.24, 2.45) is 0 Å². The normalized spacial score (nSPS) is 15.9. The number of likely N-dealkylation sites (N-methyl/N-ethyl adjacent to an activating group) is 1. The number of aryl methyl sites for hydroxylation is 2. The Morgan fingerprint density at radius 1 is 0.895 bits per heavy atom. The van der Waals surface area contributed by atoms with E-state index in [1.54, 1.807) is 24.3 Å². The van der Waals surface area contributed by atoms with Crippen molar-refractivity contribution in [1.29, 1.82) is 0 Å². The molecule has 1 saturated heterocycles. The van der Waals surface area contributed by atoms with Gasteiger partial charge in [0.25, 0.3) is 5.91 Å². The van der Waals surface area contributed by atoms with Crippen molar-refractivity contribution in [2.45, 2.75) is 19.3 Å². The quantitative estimate of drug-likeness (QED) is 0.454. The lowest BCUT2D eigenvalue weighted by atomic mass is 9.96. The first-order valence-corrected chi connectivity index (χ1v) is 13.1. The number of rotatable bonds is 7. The zero-order valence-electron chi connectivity index (χ0n) is 21.5. The van der Waals surface area contributed by atoms with Crippen LogP contribution in [0.5, 0.6) is 0 Å². The maximum absolute atomic E-state index is 14.1. The van der Waals surface area contributed by atoms with Gasteiger partial charge in [0.1, 0.15) is 11.6 Å². The van der Waals surface area contributed by atoms with E-state index in [9.17, 15) is 18.4 Å². The number of piperazine rings is 1. The summed E-state index contributed by atoms with van der Waals surface area (Å²) in [6.45, 7) is 5.80. The summed E-state index contributed by atoms with van der Waals surface area (Å²) in [6.07, 6.45) is 2.16. The number of nitrogens with zero attached hydrogens (tertiary/aromatic N) is 2. The van der Waals surface area contributed by atoms with Crippen LogP contribution in [0.3, 0.4) is 0 Å². The van der Waals surface area contributed by atoms with E-state index in [-0.39, 0.29) is 17.4 Å². The van der Waals surface area contributed by atoms with E-state index < -0.39 is 11.6 Å². The molecule has 5 rings (SSSR count). The average Bonchev–Trinajstić information content (AvgIpc) is 3.05. The summed E-state index contributed by atoms with van der Waals surface area (Å²) >= 11 is 0. The van der Waals surface area contributed by atoms with Crippen LogP contribution in [0.4, 0.5) is 20.2 Å². The van der Waals surface area contributed by atoms with Crippen LogP contribution < -0.4 is 10.6 Å². The molecule has 0 saturated carbocycles. The lowest BCUT2D eigenvalue weighted by Crippen LogP contribution is -2.45. The third-order valence-electron chi connectivity index (χ3n) is 7.37. The average molecular weight is 519 g/mol. The van der Waals surface area contributed by atoms with Gasteiger partial charge < -0.3 is 20.4 Å². The lowest BCUT2D eigenvalue weighted by molar-refractivity contribution is 0.0949. The van der Waals surface area contributed by atoms with Gasteiger partial charge in [-0.15, -0.1) is 0 Å². The summed E-state index contributed by atoms with van der Waals surface area (Å²) in [5.74, 6) is -1.63. The highest BCUT2D eigenvalue weighted by Crippen LogP contribution is 2.29. The first-order chi connectivity index (χ1) is 18.4. The molecule has 38 heavy (non-hydrogen) atoms. The molecule has 0 atom stereocenters. The number of ketones is 1. The van der Waals surface area contributed by atoms with E-state index in [1.807, 2.05) is 12.1 Å². The standard InChI is InChI=1S/C30H32F2N4O2/c1-35-13-15-36(16-14-35)12-2-11-33-30(38)22-6-4-20-3-5-21-17-24(8-9-25(21)29(37)26(20)18-22)34-28-10-7-23(31)19-27(28)32/h4,6-10,17-19,34H,2-3,5,11-16H2,1H3,(H,33,38). The fraction of sp³-hybridized carbons (Fsp3) is 0.333. The zero-order chi connectivity index (χ0) is 26.6. The van der Waals surface area contributed by atoms with E-state index in [1.165, 1.54) is 12.1 Å². The van der Waals surface area contributed by atoms with Crippen LogP contribution >= 0.6 is 0 Å². The lowest BCUT2D eigenvalue weighted by Gasteiger charge is -2.32. The summed E-state index contributed by atoms with van der Waals surface area (Å²) in [7, 11) is 2.13. The highest BCUT2D eigenvalue weighted by atomic mass is 19.1. The number of benzene rings is 3. The molecule has 1 fully saturated rings. The van der Waals surface area contributed by atoms with Crippen molar-refractivity contribution in [2.75, 3.05) is 51.6 Å². The second-order valence-corrected chi connectivity index (χ2v) is 10.1. The molecule has 1 amide bonds. The van der Waals surface area contributed by atoms with Gasteiger partial charge >= 0.3 is 0 Å². The first-order valence-electron chi connectivity index (χ1n) is 13.1. The third kappa shape index (κ3) is 5.92. The number of halogens is 2. The van der Waals surface area contributed by atoms with Gasteiger partial charge in [-0.25, -0.2) is 8.78 Å². The number of hydrogen-bond acceptors (Lipinski definition) is 5. The Bertz CT molecular complexity index is 1350. The van der Waals surface area contributed by atoms with E-state index in [0.29, 0.717) is 41.8 Å². The Morgan fingerprint density at radius 3 is 2.47 bits per heavy atom. The minimum absolute atomic E-state index is 0.128. The minimum Gasteiger partial charge on any atom is -0.353 e. The summed E-state index contributed by atoms with van der Waals surface area (Å²) in [6, 6.07) is 14.0. The molecular weight excluding hydrogens is 486 g/mol. The number of nitrogens with one attached hydrogen (secondary N) is 2. The van der Waals surface area contributed by atoms with Crippen molar-refractivity contribution >= 4 is 23.1 Å². The second kappa shape index (κ2) is 11.4. The maximum Gasteiger partial charge on any atom is 0.251 e. The molecule has 1 aliphatic carbocycles. The predicted octanol–water partition coefficient (Wildman–Crippen LogP) is 4.41. The number of anilines is 2. The summed E-state index contributed by atoms with van der Waals surface area (Å²) in [5, 5.41) is 5.96. The van der Waals surface area contributed by atoms with Gasteiger partial charge in [0.15, 0.2) is 5.78 Å². The van der Waals surface area contributed by atoms with Gasteiger partial charge in [-0.2, -0.15) is 0 Å². The molecule has 2 aliphatic rings. The first kappa shape index (κ1) is 26.0. The van der Waals surface area contributed by atoms with Crippen LogP contribution in [0.2, 0.25) is 0 Å². The largest absolute Gasteiger partial charge is 0.353 e. The molecule has 198 valence electrons. The Labute approximate surface area is 221 Å². The SMILES string of the molecule is CN1CCN(CCCNC(=O)c2ccc3c(c2)C(=O)c2ccc(Nc4ccc(F)cc4F)cc2CC3)CC1. The zero-order valence-corrected chi connectivity index (χ0v) is 21.5. The smallest absolute Gasteiger partial charge is 0.251 e. The highest BCUT2D eigenvalue weighted by molar-refractivity contribution is 6.12. The fourth-order valence-electron chi connectivity index (χ4n) is 5.09. The van der Waals surface area contributed by atoms with Gasteiger partial charge in [-0.05, 0) is 86.4 Å². The summed E-state index contributed by atoms with van der Waals surface area (Å²) < 4.78 is 27.3. The molecule has 0 bridgehead atoms. The number of amides is 1. The molecule has 6 nitrogen and oxygen atoms in total. The molecule has 0 spiro atoms. The topological polar surface area (TPSA) is 64.7 Å². The Morgan fingerprint density at radius 2 is 1.68 bits per heavy atom. The molecule has 3 aromatic carbocycles. The van der Waals surface area contributed by atoms with Crippen molar-refractivity contribution in [1.82, 2.24) is 15.1 Å². The van der Waals surface area contributed by atoms with Crippen LogP contribution in [0.1, 0.15) is 43.8 Å². The van der Waals surface area contributed by atoms with Gasteiger partial charge in [0.2, 0.25) is 0 Å².